The molecule has 1 aliphatic rings. The molecule has 0 saturated heterocycles. The van der Waals surface area contributed by atoms with Crippen molar-refractivity contribution in [2.45, 2.75) is 0 Å². The van der Waals surface area contributed by atoms with Crippen molar-refractivity contribution in [2.24, 2.45) is 0 Å². The number of carbonyl (C=O) groups is 1. The summed E-state index contributed by atoms with van der Waals surface area (Å²) in [6, 6.07) is 8.32. The zero-order valence-corrected chi connectivity index (χ0v) is 9.92. The molecule has 6 heteroatoms. The second-order valence-electron chi connectivity index (χ2n) is 3.99. The number of aromatic nitrogens is 1. The van der Waals surface area contributed by atoms with Gasteiger partial charge in [0.1, 0.15) is 5.82 Å². The maximum absolute atomic E-state index is 12.0. The Morgan fingerprint density at radius 2 is 2.05 bits per heavy atom. The van der Waals surface area contributed by atoms with E-state index in [0.29, 0.717) is 28.6 Å². The predicted molar refractivity (Wildman–Crippen MR) is 69.2 cm³/mol. The second-order valence-corrected chi connectivity index (χ2v) is 3.99. The summed E-state index contributed by atoms with van der Waals surface area (Å²) >= 11 is 0. The predicted octanol–water partition coefficient (Wildman–Crippen LogP) is 1.64. The van der Waals surface area contributed by atoms with Crippen LogP contribution in [0.1, 0.15) is 10.4 Å². The molecule has 3 N–H and O–H groups in total. The molecular weight excluding hydrogens is 246 g/mol. The Balaban J connectivity index is 1.80. The van der Waals surface area contributed by atoms with Crippen molar-refractivity contribution in [3.05, 3.63) is 42.1 Å². The van der Waals surface area contributed by atoms with Crippen molar-refractivity contribution in [2.75, 3.05) is 17.8 Å². The van der Waals surface area contributed by atoms with Gasteiger partial charge in [-0.25, -0.2) is 4.98 Å². The average molecular weight is 257 g/mol. The molecule has 0 unspecified atom stereocenters. The van der Waals surface area contributed by atoms with Gasteiger partial charge in [0, 0.05) is 23.5 Å². The maximum Gasteiger partial charge on any atom is 0.255 e. The molecule has 6 nitrogen and oxygen atoms in total. The molecule has 0 spiro atoms. The van der Waals surface area contributed by atoms with E-state index in [4.69, 9.17) is 15.2 Å². The fraction of sp³-hybridized carbons (Fsp3) is 0.0769. The van der Waals surface area contributed by atoms with Gasteiger partial charge in [-0.05, 0) is 24.3 Å². The average Bonchev–Trinajstić information content (AvgIpc) is 2.86. The zero-order valence-electron chi connectivity index (χ0n) is 9.92. The molecule has 1 aromatic carbocycles. The summed E-state index contributed by atoms with van der Waals surface area (Å²) in [5.41, 5.74) is 6.61. The van der Waals surface area contributed by atoms with Crippen LogP contribution in [0.15, 0.2) is 36.5 Å². The molecule has 0 fully saturated rings. The first-order chi connectivity index (χ1) is 9.22. The number of hydrogen-bond acceptors (Lipinski definition) is 5. The Bertz CT molecular complexity index is 643. The van der Waals surface area contributed by atoms with Crippen LogP contribution in [0.5, 0.6) is 11.5 Å². The molecular formula is C13H11N3O3. The molecule has 0 aliphatic carbocycles. The van der Waals surface area contributed by atoms with Crippen LogP contribution in [0.25, 0.3) is 0 Å². The number of nitrogens with two attached hydrogens (primary N) is 1. The fourth-order valence-electron chi connectivity index (χ4n) is 1.77. The lowest BCUT2D eigenvalue weighted by Crippen LogP contribution is -2.12. The first-order valence-corrected chi connectivity index (χ1v) is 5.65. The van der Waals surface area contributed by atoms with E-state index < -0.39 is 0 Å². The van der Waals surface area contributed by atoms with Gasteiger partial charge in [-0.15, -0.1) is 0 Å². The van der Waals surface area contributed by atoms with Gasteiger partial charge in [-0.3, -0.25) is 4.79 Å². The Morgan fingerprint density at radius 3 is 2.89 bits per heavy atom. The number of hydrogen-bond donors (Lipinski definition) is 2. The van der Waals surface area contributed by atoms with E-state index >= 15 is 0 Å². The highest BCUT2D eigenvalue weighted by atomic mass is 16.7. The zero-order chi connectivity index (χ0) is 13.2. The summed E-state index contributed by atoms with van der Waals surface area (Å²) in [7, 11) is 0. The number of carbonyl (C=O) groups excluding carboxylic acids is 1. The molecule has 1 aromatic heterocycles. The van der Waals surface area contributed by atoms with E-state index in [9.17, 15) is 4.79 Å². The third kappa shape index (κ3) is 2.28. The number of fused-ring (bicyclic) bond motifs is 1. The number of amides is 1. The minimum atomic E-state index is -0.257. The molecule has 0 saturated carbocycles. The lowest BCUT2D eigenvalue weighted by atomic mass is 10.2. The molecule has 2 aromatic rings. The van der Waals surface area contributed by atoms with Crippen molar-refractivity contribution in [3.8, 4) is 11.5 Å². The van der Waals surface area contributed by atoms with Gasteiger partial charge in [0.2, 0.25) is 6.79 Å². The second kappa shape index (κ2) is 4.49. The molecule has 0 atom stereocenters. The third-order valence-corrected chi connectivity index (χ3v) is 2.67. The lowest BCUT2D eigenvalue weighted by Gasteiger charge is -2.06. The summed E-state index contributed by atoms with van der Waals surface area (Å²) < 4.78 is 10.4. The van der Waals surface area contributed by atoms with Crippen LogP contribution >= 0.6 is 0 Å². The SMILES string of the molecule is Nc1cc(C(=O)Nc2ccc3c(c2)OCO3)ccn1. The monoisotopic (exact) mass is 257 g/mol. The number of benzene rings is 1. The molecule has 1 amide bonds. The molecule has 3 rings (SSSR count). The number of pyridine rings is 1. The Labute approximate surface area is 109 Å². The van der Waals surface area contributed by atoms with Crippen molar-refractivity contribution < 1.29 is 14.3 Å². The molecule has 2 heterocycles. The molecule has 1 aliphatic heterocycles. The standard InChI is InChI=1S/C13H11N3O3/c14-12-5-8(3-4-15-12)13(17)16-9-1-2-10-11(6-9)19-7-18-10/h1-6H,7H2,(H2,14,15)(H,16,17). The smallest absolute Gasteiger partial charge is 0.255 e. The molecule has 96 valence electrons. The number of nitrogens with one attached hydrogen (secondary N) is 1. The fourth-order valence-corrected chi connectivity index (χ4v) is 1.77. The van der Waals surface area contributed by atoms with Gasteiger partial charge in [0.05, 0.1) is 0 Å². The van der Waals surface area contributed by atoms with Gasteiger partial charge in [-0.1, -0.05) is 0 Å². The molecule has 19 heavy (non-hydrogen) atoms. The lowest BCUT2D eigenvalue weighted by molar-refractivity contribution is 0.102. The highest BCUT2D eigenvalue weighted by molar-refractivity contribution is 6.04. The van der Waals surface area contributed by atoms with E-state index in [1.54, 1.807) is 24.3 Å². The highest BCUT2D eigenvalue weighted by Gasteiger charge is 2.14. The summed E-state index contributed by atoms with van der Waals surface area (Å²) in [6.45, 7) is 0.202. The maximum atomic E-state index is 12.0. The number of anilines is 2. The summed E-state index contributed by atoms with van der Waals surface area (Å²) in [5, 5.41) is 2.76. The van der Waals surface area contributed by atoms with Gasteiger partial charge in [0.15, 0.2) is 11.5 Å². The Kier molecular flexibility index (Phi) is 2.68. The van der Waals surface area contributed by atoms with Crippen molar-refractivity contribution in [1.29, 1.82) is 0 Å². The van der Waals surface area contributed by atoms with E-state index in [1.165, 1.54) is 12.3 Å². The van der Waals surface area contributed by atoms with Gasteiger partial charge in [0.25, 0.3) is 5.91 Å². The van der Waals surface area contributed by atoms with E-state index in [0.717, 1.165) is 0 Å². The Morgan fingerprint density at radius 1 is 1.21 bits per heavy atom. The summed E-state index contributed by atoms with van der Waals surface area (Å²) in [6.07, 6.45) is 1.49. The van der Waals surface area contributed by atoms with Crippen LogP contribution in [0.3, 0.4) is 0 Å². The highest BCUT2D eigenvalue weighted by Crippen LogP contribution is 2.34. The van der Waals surface area contributed by atoms with Crippen LogP contribution < -0.4 is 20.5 Å². The molecule has 0 radical (unpaired) electrons. The van der Waals surface area contributed by atoms with Gasteiger partial charge in [-0.2, -0.15) is 0 Å². The van der Waals surface area contributed by atoms with Crippen LogP contribution in [-0.2, 0) is 0 Å². The normalized spacial score (nSPS) is 12.2. The topological polar surface area (TPSA) is 86.5 Å². The largest absolute Gasteiger partial charge is 0.454 e. The third-order valence-electron chi connectivity index (χ3n) is 2.67. The van der Waals surface area contributed by atoms with E-state index in [-0.39, 0.29) is 12.7 Å². The number of nitrogen functional groups attached to an aromatic ring is 1. The van der Waals surface area contributed by atoms with Crippen LogP contribution in [0.4, 0.5) is 11.5 Å². The van der Waals surface area contributed by atoms with Crippen LogP contribution in [0, 0.1) is 0 Å². The number of nitrogens with zero attached hydrogens (tertiary/aromatic N) is 1. The van der Waals surface area contributed by atoms with Crippen molar-refractivity contribution >= 4 is 17.4 Å². The van der Waals surface area contributed by atoms with Crippen LogP contribution in [0.2, 0.25) is 0 Å². The minimum Gasteiger partial charge on any atom is -0.454 e. The van der Waals surface area contributed by atoms with Gasteiger partial charge >= 0.3 is 0 Å². The first-order valence-electron chi connectivity index (χ1n) is 5.65. The Hall–Kier alpha value is -2.76. The van der Waals surface area contributed by atoms with Crippen molar-refractivity contribution in [3.63, 3.8) is 0 Å². The summed E-state index contributed by atoms with van der Waals surface area (Å²) in [4.78, 5) is 15.8. The van der Waals surface area contributed by atoms with Crippen LogP contribution in [-0.4, -0.2) is 17.7 Å². The van der Waals surface area contributed by atoms with Gasteiger partial charge < -0.3 is 20.5 Å². The molecule has 0 bridgehead atoms. The number of rotatable bonds is 2. The van der Waals surface area contributed by atoms with Crippen molar-refractivity contribution in [1.82, 2.24) is 4.98 Å². The summed E-state index contributed by atoms with van der Waals surface area (Å²) in [5.74, 6) is 1.34. The van der Waals surface area contributed by atoms with E-state index in [1.807, 2.05) is 0 Å². The first kappa shape index (κ1) is 11.3. The van der Waals surface area contributed by atoms with E-state index in [2.05, 4.69) is 10.3 Å². The quantitative estimate of drug-likeness (QED) is 0.854. The number of ether oxygens (including phenoxy) is 2. The minimum absolute atomic E-state index is 0.202.